The maximum atomic E-state index is 6.06. The number of hydrogen-bond donors (Lipinski definition) is 1. The van der Waals surface area contributed by atoms with Crippen molar-refractivity contribution >= 4 is 22.6 Å². The molecule has 0 saturated carbocycles. The molecule has 0 amide bonds. The first-order valence-electron chi connectivity index (χ1n) is 6.69. The number of aromatic amines is 1. The van der Waals surface area contributed by atoms with Crippen molar-refractivity contribution in [2.24, 2.45) is 0 Å². The average molecular weight is 319 g/mol. The zero-order valence-corrected chi connectivity index (χ0v) is 13.0. The lowest BCUT2D eigenvalue weighted by Gasteiger charge is -2.06. The van der Waals surface area contributed by atoms with Gasteiger partial charge in [0.1, 0.15) is 18.2 Å². The van der Waals surface area contributed by atoms with Crippen molar-refractivity contribution in [2.45, 2.75) is 6.61 Å². The van der Waals surface area contributed by atoms with Crippen molar-refractivity contribution in [3.05, 3.63) is 47.2 Å². The number of imidazole rings is 1. The Hall–Kier alpha value is -2.40. The summed E-state index contributed by atoms with van der Waals surface area (Å²) in [5, 5.41) is 0.571. The fourth-order valence-corrected chi connectivity index (χ4v) is 2.36. The largest absolute Gasteiger partial charge is 0.493 e. The number of nitrogens with zero attached hydrogens (tertiary/aromatic N) is 1. The predicted octanol–water partition coefficient (Wildman–Crippen LogP) is 3.81. The molecule has 0 aliphatic rings. The van der Waals surface area contributed by atoms with Gasteiger partial charge >= 0.3 is 0 Å². The van der Waals surface area contributed by atoms with Crippen molar-refractivity contribution in [3.63, 3.8) is 0 Å². The number of methoxy groups -OCH3 is 2. The van der Waals surface area contributed by atoms with E-state index in [0.29, 0.717) is 34.7 Å². The van der Waals surface area contributed by atoms with Gasteiger partial charge < -0.3 is 19.2 Å². The molecule has 0 fully saturated rings. The summed E-state index contributed by atoms with van der Waals surface area (Å²) in [5.74, 6) is 2.61. The van der Waals surface area contributed by atoms with E-state index in [1.54, 1.807) is 20.3 Å². The number of H-pyrrole nitrogens is 1. The number of fused-ring (bicyclic) bond motifs is 1. The highest BCUT2D eigenvalue weighted by molar-refractivity contribution is 6.32. The molecule has 6 heteroatoms. The number of ether oxygens (including phenoxy) is 3. The molecule has 0 atom stereocenters. The Labute approximate surface area is 132 Å². The van der Waals surface area contributed by atoms with Crippen LogP contribution in [0.25, 0.3) is 11.0 Å². The van der Waals surface area contributed by atoms with E-state index in [-0.39, 0.29) is 0 Å². The Morgan fingerprint density at radius 2 is 1.77 bits per heavy atom. The molecule has 0 unspecified atom stereocenters. The van der Waals surface area contributed by atoms with Crippen LogP contribution in [0, 0.1) is 0 Å². The van der Waals surface area contributed by atoms with Gasteiger partial charge in [0.05, 0.1) is 30.3 Å². The van der Waals surface area contributed by atoms with Gasteiger partial charge in [0.25, 0.3) is 0 Å². The highest BCUT2D eigenvalue weighted by atomic mass is 35.5. The van der Waals surface area contributed by atoms with E-state index >= 15 is 0 Å². The second kappa shape index (κ2) is 6.15. The van der Waals surface area contributed by atoms with Crippen LogP contribution in [-0.2, 0) is 6.61 Å². The summed E-state index contributed by atoms with van der Waals surface area (Å²) < 4.78 is 16.2. The number of benzene rings is 2. The Morgan fingerprint density at radius 1 is 1.05 bits per heavy atom. The summed E-state index contributed by atoms with van der Waals surface area (Å²) >= 11 is 6.06. The molecule has 5 nitrogen and oxygen atoms in total. The quantitative estimate of drug-likeness (QED) is 0.777. The first-order valence-corrected chi connectivity index (χ1v) is 7.07. The van der Waals surface area contributed by atoms with E-state index < -0.39 is 0 Å². The first-order chi connectivity index (χ1) is 10.7. The van der Waals surface area contributed by atoms with Gasteiger partial charge in [-0.25, -0.2) is 4.98 Å². The zero-order chi connectivity index (χ0) is 15.5. The van der Waals surface area contributed by atoms with Gasteiger partial charge in [-0.2, -0.15) is 0 Å². The lowest BCUT2D eigenvalue weighted by molar-refractivity contribution is 0.297. The third-order valence-electron chi connectivity index (χ3n) is 3.24. The summed E-state index contributed by atoms with van der Waals surface area (Å²) in [6, 6.07) is 11.0. The molecule has 1 N–H and O–H groups in total. The van der Waals surface area contributed by atoms with Crippen LogP contribution in [0.2, 0.25) is 5.02 Å². The normalized spacial score (nSPS) is 10.7. The van der Waals surface area contributed by atoms with Crippen LogP contribution < -0.4 is 14.2 Å². The van der Waals surface area contributed by atoms with Crippen LogP contribution in [0.3, 0.4) is 0 Å². The molecule has 2 aromatic carbocycles. The Morgan fingerprint density at radius 3 is 2.50 bits per heavy atom. The fraction of sp³-hybridized carbons (Fsp3) is 0.188. The summed E-state index contributed by atoms with van der Waals surface area (Å²) in [4.78, 5) is 7.68. The number of aromatic nitrogens is 2. The number of para-hydroxylation sites is 1. The minimum Gasteiger partial charge on any atom is -0.493 e. The lowest BCUT2D eigenvalue weighted by atomic mass is 10.3. The molecule has 1 heterocycles. The molecule has 0 aliphatic carbocycles. The summed E-state index contributed by atoms with van der Waals surface area (Å²) in [6.45, 7) is 0.295. The van der Waals surface area contributed by atoms with Gasteiger partial charge in [0.2, 0.25) is 0 Å². The lowest BCUT2D eigenvalue weighted by Crippen LogP contribution is -1.97. The zero-order valence-electron chi connectivity index (χ0n) is 12.2. The highest BCUT2D eigenvalue weighted by Gasteiger charge is 2.10. The van der Waals surface area contributed by atoms with Crippen LogP contribution in [0.4, 0.5) is 0 Å². The van der Waals surface area contributed by atoms with E-state index in [9.17, 15) is 0 Å². The van der Waals surface area contributed by atoms with Gasteiger partial charge in [-0.3, -0.25) is 0 Å². The molecule has 0 aliphatic heterocycles. The van der Waals surface area contributed by atoms with Crippen LogP contribution in [0.15, 0.2) is 36.4 Å². The summed E-state index contributed by atoms with van der Waals surface area (Å²) in [6.07, 6.45) is 0. The van der Waals surface area contributed by atoms with E-state index in [0.717, 1.165) is 11.0 Å². The topological polar surface area (TPSA) is 56.4 Å². The number of hydrogen-bond acceptors (Lipinski definition) is 4. The van der Waals surface area contributed by atoms with Crippen LogP contribution >= 0.6 is 11.6 Å². The monoisotopic (exact) mass is 318 g/mol. The highest BCUT2D eigenvalue weighted by Crippen LogP contribution is 2.31. The number of halogens is 1. The van der Waals surface area contributed by atoms with Crippen LogP contribution in [0.5, 0.6) is 17.2 Å². The number of rotatable bonds is 5. The Bertz CT molecular complexity index is 760. The second-order valence-electron chi connectivity index (χ2n) is 4.63. The molecule has 1 aromatic heterocycles. The van der Waals surface area contributed by atoms with E-state index in [4.69, 9.17) is 25.8 Å². The third kappa shape index (κ3) is 2.80. The van der Waals surface area contributed by atoms with E-state index in [1.165, 1.54) is 0 Å². The summed E-state index contributed by atoms with van der Waals surface area (Å²) in [7, 11) is 3.19. The standard InChI is InChI=1S/C16H15ClN2O3/c1-20-14-7-11-12(8-15(14)21-2)19-16(18-11)9-22-13-6-4-3-5-10(13)17/h3-8H,9H2,1-2H3,(H,18,19). The maximum Gasteiger partial charge on any atom is 0.163 e. The molecule has 22 heavy (non-hydrogen) atoms. The minimum atomic E-state index is 0.295. The maximum absolute atomic E-state index is 6.06. The molecule has 0 saturated heterocycles. The molecule has 0 radical (unpaired) electrons. The van der Waals surface area contributed by atoms with Crippen molar-refractivity contribution < 1.29 is 14.2 Å². The molecule has 3 aromatic rings. The number of nitrogens with one attached hydrogen (secondary N) is 1. The average Bonchev–Trinajstić information content (AvgIpc) is 2.94. The summed E-state index contributed by atoms with van der Waals surface area (Å²) in [5.41, 5.74) is 1.64. The van der Waals surface area contributed by atoms with Gasteiger partial charge in [-0.05, 0) is 12.1 Å². The Kier molecular flexibility index (Phi) is 4.06. The van der Waals surface area contributed by atoms with E-state index in [1.807, 2.05) is 30.3 Å². The van der Waals surface area contributed by atoms with Gasteiger partial charge in [-0.15, -0.1) is 0 Å². The smallest absolute Gasteiger partial charge is 0.163 e. The second-order valence-corrected chi connectivity index (χ2v) is 5.03. The first kappa shape index (κ1) is 14.5. The molecular formula is C16H15ClN2O3. The third-order valence-corrected chi connectivity index (χ3v) is 3.55. The fourth-order valence-electron chi connectivity index (χ4n) is 2.17. The van der Waals surface area contributed by atoms with Gasteiger partial charge in [0.15, 0.2) is 11.5 Å². The Balaban J connectivity index is 1.84. The predicted molar refractivity (Wildman–Crippen MR) is 85.0 cm³/mol. The molecule has 0 spiro atoms. The van der Waals surface area contributed by atoms with Crippen molar-refractivity contribution in [3.8, 4) is 17.2 Å². The SMILES string of the molecule is COc1cc2nc(COc3ccccc3Cl)[nH]c2cc1OC. The molecule has 114 valence electrons. The molecule has 0 bridgehead atoms. The minimum absolute atomic E-state index is 0.295. The van der Waals surface area contributed by atoms with Crippen LogP contribution in [-0.4, -0.2) is 24.2 Å². The van der Waals surface area contributed by atoms with E-state index in [2.05, 4.69) is 9.97 Å². The van der Waals surface area contributed by atoms with Crippen LogP contribution in [0.1, 0.15) is 5.82 Å². The van der Waals surface area contributed by atoms with Gasteiger partial charge in [-0.1, -0.05) is 23.7 Å². The van der Waals surface area contributed by atoms with Gasteiger partial charge in [0, 0.05) is 12.1 Å². The van der Waals surface area contributed by atoms with Crippen molar-refractivity contribution in [2.75, 3.05) is 14.2 Å². The molecule has 3 rings (SSSR count). The van der Waals surface area contributed by atoms with Crippen molar-refractivity contribution in [1.29, 1.82) is 0 Å². The molecular weight excluding hydrogens is 304 g/mol. The van der Waals surface area contributed by atoms with Crippen molar-refractivity contribution in [1.82, 2.24) is 9.97 Å².